The quantitative estimate of drug-likeness (QED) is 0.809. The highest BCUT2D eigenvalue weighted by molar-refractivity contribution is 5.80. The van der Waals surface area contributed by atoms with Crippen LogP contribution in [0.1, 0.15) is 39.3 Å². The molecule has 1 aromatic carbocycles. The smallest absolute Gasteiger partial charge is 0.260 e. The molecule has 2 atom stereocenters. The lowest BCUT2D eigenvalue weighted by Crippen LogP contribution is -2.38. The number of carbonyl (C=O) groups excluding carboxylic acids is 1. The molecule has 0 aliphatic carbocycles. The molecular formula is C16H26N2O3. The average Bonchev–Trinajstić information content (AvgIpc) is 2.43. The van der Waals surface area contributed by atoms with Crippen LogP contribution in [0.25, 0.3) is 0 Å². The minimum Gasteiger partial charge on any atom is -0.497 e. The number of hydrogen-bond acceptors (Lipinski definition) is 4. The van der Waals surface area contributed by atoms with E-state index in [0.29, 0.717) is 24.0 Å². The second kappa shape index (κ2) is 7.88. The van der Waals surface area contributed by atoms with E-state index in [2.05, 4.69) is 5.32 Å². The lowest BCUT2D eigenvalue weighted by atomic mass is 10.1. The summed E-state index contributed by atoms with van der Waals surface area (Å²) in [5.41, 5.74) is 6.78. The number of ether oxygens (including phenoxy) is 2. The minimum atomic E-state index is -0.589. The molecule has 1 unspecified atom stereocenters. The van der Waals surface area contributed by atoms with Crippen LogP contribution in [0, 0.1) is 5.92 Å². The van der Waals surface area contributed by atoms with E-state index in [0.717, 1.165) is 5.56 Å². The Bertz CT molecular complexity index is 473. The molecule has 0 bridgehead atoms. The van der Waals surface area contributed by atoms with Crippen molar-refractivity contribution in [2.24, 2.45) is 11.7 Å². The van der Waals surface area contributed by atoms with Gasteiger partial charge in [-0.3, -0.25) is 4.79 Å². The van der Waals surface area contributed by atoms with Crippen LogP contribution in [0.4, 0.5) is 0 Å². The van der Waals surface area contributed by atoms with Crippen molar-refractivity contribution in [1.82, 2.24) is 5.32 Å². The molecule has 0 aromatic heterocycles. The van der Waals surface area contributed by atoms with E-state index < -0.39 is 6.10 Å². The van der Waals surface area contributed by atoms with Crippen LogP contribution in [-0.4, -0.2) is 25.7 Å². The summed E-state index contributed by atoms with van der Waals surface area (Å²) in [6.45, 7) is 8.31. The molecule has 0 heterocycles. The number of amides is 1. The Hall–Kier alpha value is -1.75. The van der Waals surface area contributed by atoms with Gasteiger partial charge in [0.05, 0.1) is 7.11 Å². The Labute approximate surface area is 126 Å². The van der Waals surface area contributed by atoms with Gasteiger partial charge in [0.2, 0.25) is 0 Å². The maximum atomic E-state index is 12.0. The summed E-state index contributed by atoms with van der Waals surface area (Å²) in [6, 6.07) is 5.26. The topological polar surface area (TPSA) is 73.6 Å². The zero-order chi connectivity index (χ0) is 16.0. The molecule has 118 valence electrons. The van der Waals surface area contributed by atoms with Gasteiger partial charge in [0, 0.05) is 24.2 Å². The lowest BCUT2D eigenvalue weighted by molar-refractivity contribution is -0.127. The summed E-state index contributed by atoms with van der Waals surface area (Å²) in [4.78, 5) is 12.0. The molecule has 0 radical (unpaired) electrons. The highest BCUT2D eigenvalue weighted by Gasteiger charge is 2.18. The molecule has 0 spiro atoms. The largest absolute Gasteiger partial charge is 0.497 e. The van der Waals surface area contributed by atoms with E-state index in [1.165, 1.54) is 0 Å². The summed E-state index contributed by atoms with van der Waals surface area (Å²) in [7, 11) is 1.59. The SMILES string of the molecule is COc1ccc([C@H](C)N)c(OC(C)C(=O)NCC(C)C)c1. The molecule has 3 N–H and O–H groups in total. The highest BCUT2D eigenvalue weighted by Crippen LogP contribution is 2.29. The fourth-order valence-corrected chi connectivity index (χ4v) is 1.81. The third-order valence-electron chi connectivity index (χ3n) is 3.07. The summed E-state index contributed by atoms with van der Waals surface area (Å²) in [6.07, 6.45) is -0.589. The summed E-state index contributed by atoms with van der Waals surface area (Å²) in [5, 5.41) is 2.85. The zero-order valence-corrected chi connectivity index (χ0v) is 13.5. The first-order chi connectivity index (χ1) is 9.85. The first-order valence-corrected chi connectivity index (χ1v) is 7.23. The molecule has 1 aromatic rings. The van der Waals surface area contributed by atoms with E-state index in [-0.39, 0.29) is 11.9 Å². The number of nitrogens with one attached hydrogen (secondary N) is 1. The van der Waals surface area contributed by atoms with Crippen molar-refractivity contribution < 1.29 is 14.3 Å². The molecule has 0 fully saturated rings. The maximum absolute atomic E-state index is 12.0. The van der Waals surface area contributed by atoms with Gasteiger partial charge in [-0.25, -0.2) is 0 Å². The van der Waals surface area contributed by atoms with Crippen LogP contribution >= 0.6 is 0 Å². The van der Waals surface area contributed by atoms with Gasteiger partial charge in [-0.05, 0) is 25.8 Å². The Kier molecular flexibility index (Phi) is 6.49. The van der Waals surface area contributed by atoms with Crippen molar-refractivity contribution in [3.05, 3.63) is 23.8 Å². The highest BCUT2D eigenvalue weighted by atomic mass is 16.5. The molecule has 0 saturated heterocycles. The van der Waals surface area contributed by atoms with Gasteiger partial charge < -0.3 is 20.5 Å². The predicted octanol–water partition coefficient (Wildman–Crippen LogP) is 2.25. The molecule has 1 amide bonds. The molecular weight excluding hydrogens is 268 g/mol. The third kappa shape index (κ3) is 5.27. The fourth-order valence-electron chi connectivity index (χ4n) is 1.81. The Morgan fingerprint density at radius 3 is 2.48 bits per heavy atom. The number of hydrogen-bond donors (Lipinski definition) is 2. The van der Waals surface area contributed by atoms with Gasteiger partial charge in [-0.15, -0.1) is 0 Å². The first-order valence-electron chi connectivity index (χ1n) is 7.23. The Balaban J connectivity index is 2.82. The number of methoxy groups -OCH3 is 1. The van der Waals surface area contributed by atoms with E-state index in [9.17, 15) is 4.79 Å². The van der Waals surface area contributed by atoms with Gasteiger partial charge >= 0.3 is 0 Å². The van der Waals surface area contributed by atoms with Crippen molar-refractivity contribution in [2.45, 2.75) is 39.8 Å². The van der Waals surface area contributed by atoms with Gasteiger partial charge in [0.25, 0.3) is 5.91 Å². The number of carbonyl (C=O) groups is 1. The molecule has 0 saturated carbocycles. The first kappa shape index (κ1) is 17.3. The van der Waals surface area contributed by atoms with Crippen molar-refractivity contribution in [3.63, 3.8) is 0 Å². The summed E-state index contributed by atoms with van der Waals surface area (Å²) in [5.74, 6) is 1.51. The zero-order valence-electron chi connectivity index (χ0n) is 13.5. The van der Waals surface area contributed by atoms with Gasteiger partial charge in [0.15, 0.2) is 6.10 Å². The second-order valence-corrected chi connectivity index (χ2v) is 5.59. The van der Waals surface area contributed by atoms with Crippen LogP contribution in [0.5, 0.6) is 11.5 Å². The number of benzene rings is 1. The lowest BCUT2D eigenvalue weighted by Gasteiger charge is -2.20. The third-order valence-corrected chi connectivity index (χ3v) is 3.07. The molecule has 0 aliphatic rings. The standard InChI is InChI=1S/C16H26N2O3/c1-10(2)9-18-16(19)12(4)21-15-8-13(20-5)6-7-14(15)11(3)17/h6-8,10-12H,9,17H2,1-5H3,(H,18,19)/t11-,12?/m0/s1. The van der Waals surface area contributed by atoms with Crippen molar-refractivity contribution in [2.75, 3.05) is 13.7 Å². The second-order valence-electron chi connectivity index (χ2n) is 5.59. The van der Waals surface area contributed by atoms with Crippen LogP contribution in [0.3, 0.4) is 0 Å². The van der Waals surface area contributed by atoms with E-state index in [4.69, 9.17) is 15.2 Å². The molecule has 5 heteroatoms. The molecule has 0 aliphatic heterocycles. The predicted molar refractivity (Wildman–Crippen MR) is 83.5 cm³/mol. The van der Waals surface area contributed by atoms with Gasteiger partial charge in [0.1, 0.15) is 11.5 Å². The van der Waals surface area contributed by atoms with Crippen LogP contribution in [0.15, 0.2) is 18.2 Å². The molecule has 5 nitrogen and oxygen atoms in total. The minimum absolute atomic E-state index is 0.137. The van der Waals surface area contributed by atoms with Crippen LogP contribution in [-0.2, 0) is 4.79 Å². The van der Waals surface area contributed by atoms with Crippen LogP contribution in [0.2, 0.25) is 0 Å². The van der Waals surface area contributed by atoms with Crippen LogP contribution < -0.4 is 20.5 Å². The van der Waals surface area contributed by atoms with Gasteiger partial charge in [-0.1, -0.05) is 19.9 Å². The fraction of sp³-hybridized carbons (Fsp3) is 0.562. The summed E-state index contributed by atoms with van der Waals surface area (Å²) < 4.78 is 11.0. The van der Waals surface area contributed by atoms with E-state index in [1.807, 2.05) is 32.9 Å². The van der Waals surface area contributed by atoms with Gasteiger partial charge in [-0.2, -0.15) is 0 Å². The number of nitrogens with two attached hydrogens (primary N) is 1. The molecule has 1 rings (SSSR count). The van der Waals surface area contributed by atoms with Crippen molar-refractivity contribution >= 4 is 5.91 Å². The Morgan fingerprint density at radius 2 is 1.95 bits per heavy atom. The van der Waals surface area contributed by atoms with E-state index >= 15 is 0 Å². The Morgan fingerprint density at radius 1 is 1.29 bits per heavy atom. The number of rotatable bonds is 7. The van der Waals surface area contributed by atoms with E-state index in [1.54, 1.807) is 20.1 Å². The molecule has 21 heavy (non-hydrogen) atoms. The van der Waals surface area contributed by atoms with Crippen molar-refractivity contribution in [3.8, 4) is 11.5 Å². The normalized spacial score (nSPS) is 13.7. The summed E-state index contributed by atoms with van der Waals surface area (Å²) >= 11 is 0. The van der Waals surface area contributed by atoms with Crippen molar-refractivity contribution in [1.29, 1.82) is 0 Å². The average molecular weight is 294 g/mol. The maximum Gasteiger partial charge on any atom is 0.260 e. The monoisotopic (exact) mass is 294 g/mol.